The second-order valence-electron chi connectivity index (χ2n) is 6.40. The highest BCUT2D eigenvalue weighted by atomic mass is 32.1. The quantitative estimate of drug-likeness (QED) is 0.479. The van der Waals surface area contributed by atoms with Gasteiger partial charge in [-0.25, -0.2) is 4.98 Å². The van der Waals surface area contributed by atoms with Gasteiger partial charge in [-0.1, -0.05) is 13.3 Å². The highest BCUT2D eigenvalue weighted by Gasteiger charge is 2.14. The summed E-state index contributed by atoms with van der Waals surface area (Å²) in [7, 11) is 1.56. The predicted octanol–water partition coefficient (Wildman–Crippen LogP) is 4.84. The maximum Gasteiger partial charge on any atom is 0.275 e. The Kier molecular flexibility index (Phi) is 7.40. The summed E-state index contributed by atoms with van der Waals surface area (Å²) >= 11 is 1.18. The predicted molar refractivity (Wildman–Crippen MR) is 118 cm³/mol. The van der Waals surface area contributed by atoms with Gasteiger partial charge in [-0.3, -0.25) is 14.9 Å². The first-order valence-electron chi connectivity index (χ1n) is 9.54. The molecular weight excluding hydrogens is 402 g/mol. The Bertz CT molecular complexity index is 984. The van der Waals surface area contributed by atoms with Crippen LogP contribution in [0.2, 0.25) is 0 Å². The average molecular weight is 426 g/mol. The van der Waals surface area contributed by atoms with Crippen molar-refractivity contribution in [2.45, 2.75) is 19.8 Å². The minimum absolute atomic E-state index is 0.230. The Morgan fingerprint density at radius 3 is 2.33 bits per heavy atom. The third-order valence-corrected chi connectivity index (χ3v) is 4.95. The normalized spacial score (nSPS) is 10.3. The molecule has 0 unspecified atom stereocenters. The topological polar surface area (TPSA) is 89.6 Å². The van der Waals surface area contributed by atoms with E-state index < -0.39 is 0 Å². The van der Waals surface area contributed by atoms with Crippen molar-refractivity contribution in [2.24, 2.45) is 0 Å². The minimum atomic E-state index is -0.351. The molecule has 2 N–H and O–H groups in total. The largest absolute Gasteiger partial charge is 0.497 e. The Balaban J connectivity index is 1.55. The van der Waals surface area contributed by atoms with E-state index in [9.17, 15) is 9.59 Å². The van der Waals surface area contributed by atoms with Crippen LogP contribution in [-0.4, -0.2) is 30.5 Å². The maximum atomic E-state index is 12.4. The standard InChI is InChI=1S/C22H23N3O4S/c1-3-4-13-29-18-11-7-16(8-12-18)23-21(27)19-14-30-22(24-19)25-20(26)15-5-9-17(28-2)10-6-15/h5-12,14H,3-4,13H2,1-2H3,(H,23,27)(H,24,25,26). The highest BCUT2D eigenvalue weighted by molar-refractivity contribution is 7.14. The molecule has 1 aromatic heterocycles. The van der Waals surface area contributed by atoms with Crippen LogP contribution in [0.3, 0.4) is 0 Å². The summed E-state index contributed by atoms with van der Waals surface area (Å²) in [6.07, 6.45) is 2.07. The number of benzene rings is 2. The third-order valence-electron chi connectivity index (χ3n) is 4.19. The number of ether oxygens (including phenoxy) is 2. The van der Waals surface area contributed by atoms with Gasteiger partial charge in [0.1, 0.15) is 17.2 Å². The molecule has 0 fully saturated rings. The van der Waals surface area contributed by atoms with E-state index in [1.54, 1.807) is 48.9 Å². The highest BCUT2D eigenvalue weighted by Crippen LogP contribution is 2.20. The smallest absolute Gasteiger partial charge is 0.275 e. The van der Waals surface area contributed by atoms with Crippen molar-refractivity contribution in [2.75, 3.05) is 24.4 Å². The molecule has 0 aliphatic heterocycles. The molecule has 8 heteroatoms. The summed E-state index contributed by atoms with van der Waals surface area (Å²) in [4.78, 5) is 28.9. The molecule has 2 aromatic carbocycles. The molecule has 0 aliphatic rings. The van der Waals surface area contributed by atoms with Crippen molar-refractivity contribution in [1.29, 1.82) is 0 Å². The second-order valence-corrected chi connectivity index (χ2v) is 7.26. The van der Waals surface area contributed by atoms with Crippen LogP contribution in [0.15, 0.2) is 53.9 Å². The number of rotatable bonds is 9. The molecule has 0 radical (unpaired) electrons. The van der Waals surface area contributed by atoms with Crippen molar-refractivity contribution in [3.05, 3.63) is 65.2 Å². The zero-order valence-electron chi connectivity index (χ0n) is 16.8. The number of aromatic nitrogens is 1. The molecule has 7 nitrogen and oxygen atoms in total. The number of anilines is 2. The van der Waals surface area contributed by atoms with Crippen LogP contribution < -0.4 is 20.1 Å². The van der Waals surface area contributed by atoms with Crippen LogP contribution in [0.4, 0.5) is 10.8 Å². The lowest BCUT2D eigenvalue weighted by molar-refractivity contribution is 0.101. The summed E-state index contributed by atoms with van der Waals surface area (Å²) in [5.41, 5.74) is 1.34. The van der Waals surface area contributed by atoms with Crippen molar-refractivity contribution < 1.29 is 19.1 Å². The number of hydrogen-bond acceptors (Lipinski definition) is 6. The van der Waals surface area contributed by atoms with E-state index >= 15 is 0 Å². The number of nitrogens with zero attached hydrogens (tertiary/aromatic N) is 1. The Labute approximate surface area is 179 Å². The van der Waals surface area contributed by atoms with Crippen LogP contribution in [-0.2, 0) is 0 Å². The molecular formula is C22H23N3O4S. The molecule has 3 rings (SSSR count). The zero-order chi connectivity index (χ0) is 21.3. The van der Waals surface area contributed by atoms with Gasteiger partial charge >= 0.3 is 0 Å². The van der Waals surface area contributed by atoms with E-state index in [2.05, 4.69) is 22.5 Å². The van der Waals surface area contributed by atoms with Crippen molar-refractivity contribution in [3.63, 3.8) is 0 Å². The van der Waals surface area contributed by atoms with Gasteiger partial charge in [0.2, 0.25) is 0 Å². The second kappa shape index (κ2) is 10.4. The van der Waals surface area contributed by atoms with Crippen LogP contribution in [0.1, 0.15) is 40.6 Å². The Morgan fingerprint density at radius 1 is 0.967 bits per heavy atom. The molecule has 0 bridgehead atoms. The number of nitrogens with one attached hydrogen (secondary N) is 2. The monoisotopic (exact) mass is 425 g/mol. The van der Waals surface area contributed by atoms with Crippen LogP contribution >= 0.6 is 11.3 Å². The number of carbonyl (C=O) groups is 2. The van der Waals surface area contributed by atoms with Crippen molar-refractivity contribution in [1.82, 2.24) is 4.98 Å². The number of methoxy groups -OCH3 is 1. The summed E-state index contributed by atoms with van der Waals surface area (Å²) < 4.78 is 10.7. The SMILES string of the molecule is CCCCOc1ccc(NC(=O)c2csc(NC(=O)c3ccc(OC)cc3)n2)cc1. The average Bonchev–Trinajstić information content (AvgIpc) is 3.24. The zero-order valence-corrected chi connectivity index (χ0v) is 17.6. The fraction of sp³-hybridized carbons (Fsp3) is 0.227. The van der Waals surface area contributed by atoms with Gasteiger partial charge in [-0.15, -0.1) is 11.3 Å². The third kappa shape index (κ3) is 5.81. The van der Waals surface area contributed by atoms with Crippen LogP contribution in [0.5, 0.6) is 11.5 Å². The fourth-order valence-electron chi connectivity index (χ4n) is 2.51. The first-order chi connectivity index (χ1) is 14.6. The molecule has 0 spiro atoms. The molecule has 0 saturated carbocycles. The lowest BCUT2D eigenvalue weighted by atomic mass is 10.2. The molecule has 1 heterocycles. The minimum Gasteiger partial charge on any atom is -0.497 e. The molecule has 30 heavy (non-hydrogen) atoms. The van der Waals surface area contributed by atoms with Gasteiger partial charge in [0.25, 0.3) is 11.8 Å². The van der Waals surface area contributed by atoms with Crippen molar-refractivity contribution in [3.8, 4) is 11.5 Å². The number of thiazole rings is 1. The molecule has 0 saturated heterocycles. The summed E-state index contributed by atoms with van der Waals surface area (Å²) in [5, 5.41) is 7.43. The van der Waals surface area contributed by atoms with Gasteiger partial charge in [0, 0.05) is 16.6 Å². The number of unbranched alkanes of at least 4 members (excludes halogenated alkanes) is 1. The van der Waals surface area contributed by atoms with E-state index in [0.29, 0.717) is 28.7 Å². The van der Waals surface area contributed by atoms with Gasteiger partial charge in [-0.2, -0.15) is 0 Å². The Hall–Kier alpha value is -3.39. The number of amides is 2. The van der Waals surface area contributed by atoms with E-state index in [1.165, 1.54) is 11.3 Å². The van der Waals surface area contributed by atoms with E-state index in [0.717, 1.165) is 18.6 Å². The van der Waals surface area contributed by atoms with Crippen molar-refractivity contribution >= 4 is 34.0 Å². The molecule has 3 aromatic rings. The fourth-order valence-corrected chi connectivity index (χ4v) is 3.20. The van der Waals surface area contributed by atoms with Gasteiger partial charge in [0.15, 0.2) is 5.13 Å². The lowest BCUT2D eigenvalue weighted by Crippen LogP contribution is -2.14. The first-order valence-corrected chi connectivity index (χ1v) is 10.4. The van der Waals surface area contributed by atoms with Gasteiger partial charge < -0.3 is 14.8 Å². The number of carbonyl (C=O) groups excluding carboxylic acids is 2. The van der Waals surface area contributed by atoms with E-state index in [1.807, 2.05) is 12.1 Å². The van der Waals surface area contributed by atoms with Gasteiger partial charge in [0.05, 0.1) is 13.7 Å². The lowest BCUT2D eigenvalue weighted by Gasteiger charge is -2.07. The molecule has 0 aliphatic carbocycles. The summed E-state index contributed by atoms with van der Waals surface area (Å²) in [6, 6.07) is 13.9. The molecule has 2 amide bonds. The molecule has 0 atom stereocenters. The van der Waals surface area contributed by atoms with Crippen LogP contribution in [0, 0.1) is 0 Å². The van der Waals surface area contributed by atoms with Gasteiger partial charge in [-0.05, 0) is 55.0 Å². The number of hydrogen-bond donors (Lipinski definition) is 2. The van der Waals surface area contributed by atoms with Crippen LogP contribution in [0.25, 0.3) is 0 Å². The first kappa shape index (κ1) is 21.3. The Morgan fingerprint density at radius 2 is 1.67 bits per heavy atom. The summed E-state index contributed by atoms with van der Waals surface area (Å²) in [5.74, 6) is 0.771. The summed E-state index contributed by atoms with van der Waals surface area (Å²) in [6.45, 7) is 2.78. The van der Waals surface area contributed by atoms with E-state index in [4.69, 9.17) is 9.47 Å². The molecule has 156 valence electrons. The maximum absolute atomic E-state index is 12.4. The van der Waals surface area contributed by atoms with E-state index in [-0.39, 0.29) is 17.5 Å².